The zero-order valence-electron chi connectivity index (χ0n) is 18.6. The van der Waals surface area contributed by atoms with Crippen molar-refractivity contribution in [2.24, 2.45) is 5.92 Å². The quantitative estimate of drug-likeness (QED) is 0.719. The lowest BCUT2D eigenvalue weighted by atomic mass is 10.00. The van der Waals surface area contributed by atoms with Gasteiger partial charge in [-0.1, -0.05) is 20.3 Å². The number of halogens is 2. The molecule has 2 heterocycles. The van der Waals surface area contributed by atoms with Crippen molar-refractivity contribution in [1.82, 2.24) is 19.8 Å². The first kappa shape index (κ1) is 23.6. The van der Waals surface area contributed by atoms with Gasteiger partial charge in [0.1, 0.15) is 11.6 Å². The van der Waals surface area contributed by atoms with E-state index in [0.29, 0.717) is 31.6 Å². The number of piperidine rings is 1. The molecule has 0 aliphatic carbocycles. The van der Waals surface area contributed by atoms with Crippen LogP contribution < -0.4 is 5.32 Å². The number of likely N-dealkylation sites (tertiary alicyclic amines) is 1. The Morgan fingerprint density at radius 1 is 1.16 bits per heavy atom. The van der Waals surface area contributed by atoms with E-state index < -0.39 is 11.6 Å². The Morgan fingerprint density at radius 2 is 1.81 bits per heavy atom. The van der Waals surface area contributed by atoms with Gasteiger partial charge in [-0.2, -0.15) is 0 Å². The minimum Gasteiger partial charge on any atom is -0.342 e. The van der Waals surface area contributed by atoms with Crippen molar-refractivity contribution < 1.29 is 18.4 Å². The van der Waals surface area contributed by atoms with Crippen molar-refractivity contribution in [3.8, 4) is 11.3 Å². The maximum atomic E-state index is 13.4. The van der Waals surface area contributed by atoms with E-state index in [2.05, 4.69) is 22.2 Å². The molecule has 1 aliphatic heterocycles. The normalized spacial score (nSPS) is 15.3. The van der Waals surface area contributed by atoms with Crippen molar-refractivity contribution in [2.75, 3.05) is 25.5 Å². The third kappa shape index (κ3) is 5.77. The standard InChI is InChI=1S/C23H29F2N5O2/c1-4-5-15(2)22(31)30-8-6-19(7-9-30)29(3)23(32)28-21-14-26-20(13-27-21)16-10-17(24)12-18(25)11-16/h10-15,19H,4-9H2,1-3H3,(H,27,28,32). The predicted octanol–water partition coefficient (Wildman–Crippen LogP) is 4.31. The summed E-state index contributed by atoms with van der Waals surface area (Å²) < 4.78 is 26.8. The average Bonchev–Trinajstić information content (AvgIpc) is 2.78. The van der Waals surface area contributed by atoms with Gasteiger partial charge in [-0.3, -0.25) is 15.1 Å². The molecule has 32 heavy (non-hydrogen) atoms. The summed E-state index contributed by atoms with van der Waals surface area (Å²) in [5.41, 5.74) is 0.559. The fraction of sp³-hybridized carbons (Fsp3) is 0.478. The van der Waals surface area contributed by atoms with Gasteiger partial charge in [0.05, 0.1) is 18.1 Å². The molecule has 1 aromatic heterocycles. The van der Waals surface area contributed by atoms with E-state index in [1.54, 1.807) is 11.9 Å². The molecule has 1 aromatic carbocycles. The number of amides is 3. The zero-order chi connectivity index (χ0) is 23.3. The Morgan fingerprint density at radius 3 is 2.38 bits per heavy atom. The fourth-order valence-electron chi connectivity index (χ4n) is 3.95. The molecule has 3 amide bonds. The first-order valence-corrected chi connectivity index (χ1v) is 10.9. The van der Waals surface area contributed by atoms with E-state index in [4.69, 9.17) is 0 Å². The molecule has 0 saturated carbocycles. The number of aromatic nitrogens is 2. The summed E-state index contributed by atoms with van der Waals surface area (Å²) in [6, 6.07) is 2.81. The summed E-state index contributed by atoms with van der Waals surface area (Å²) in [6.07, 6.45) is 5.99. The number of carbonyl (C=O) groups excluding carboxylic acids is 2. The maximum absolute atomic E-state index is 13.4. The van der Waals surface area contributed by atoms with E-state index in [9.17, 15) is 18.4 Å². The van der Waals surface area contributed by atoms with Crippen molar-refractivity contribution in [1.29, 1.82) is 0 Å². The lowest BCUT2D eigenvalue weighted by Crippen LogP contribution is -2.49. The smallest absolute Gasteiger partial charge is 0.323 e. The lowest BCUT2D eigenvalue weighted by molar-refractivity contribution is -0.136. The number of urea groups is 1. The maximum Gasteiger partial charge on any atom is 0.323 e. The van der Waals surface area contributed by atoms with Gasteiger partial charge in [0.2, 0.25) is 5.91 Å². The molecule has 2 aromatic rings. The molecule has 172 valence electrons. The summed E-state index contributed by atoms with van der Waals surface area (Å²) in [7, 11) is 1.72. The largest absolute Gasteiger partial charge is 0.342 e. The summed E-state index contributed by atoms with van der Waals surface area (Å²) in [6.45, 7) is 5.30. The van der Waals surface area contributed by atoms with E-state index in [1.807, 2.05) is 11.8 Å². The summed E-state index contributed by atoms with van der Waals surface area (Å²) in [4.78, 5) is 36.9. The van der Waals surface area contributed by atoms with Crippen LogP contribution in [0.5, 0.6) is 0 Å². The highest BCUT2D eigenvalue weighted by molar-refractivity contribution is 5.88. The summed E-state index contributed by atoms with van der Waals surface area (Å²) in [5.74, 6) is -0.945. The zero-order valence-corrected chi connectivity index (χ0v) is 18.6. The molecule has 7 nitrogen and oxygen atoms in total. The summed E-state index contributed by atoms with van der Waals surface area (Å²) >= 11 is 0. The van der Waals surface area contributed by atoms with Gasteiger partial charge < -0.3 is 9.80 Å². The number of nitrogens with one attached hydrogen (secondary N) is 1. The van der Waals surface area contributed by atoms with Crippen LogP contribution in [0.25, 0.3) is 11.3 Å². The van der Waals surface area contributed by atoms with Crippen molar-refractivity contribution >= 4 is 17.8 Å². The second-order valence-corrected chi connectivity index (χ2v) is 8.23. The topological polar surface area (TPSA) is 78.4 Å². The van der Waals surface area contributed by atoms with Gasteiger partial charge in [0, 0.05) is 43.7 Å². The number of carbonyl (C=O) groups is 2. The highest BCUT2D eigenvalue weighted by Gasteiger charge is 2.29. The Labute approximate surface area is 186 Å². The third-order valence-corrected chi connectivity index (χ3v) is 5.83. The van der Waals surface area contributed by atoms with Crippen LogP contribution in [-0.2, 0) is 4.79 Å². The molecule has 0 bridgehead atoms. The molecule has 1 N–H and O–H groups in total. The van der Waals surface area contributed by atoms with Gasteiger partial charge in [-0.25, -0.2) is 18.6 Å². The van der Waals surface area contributed by atoms with Crippen LogP contribution in [-0.4, -0.2) is 57.9 Å². The minimum atomic E-state index is -0.701. The number of nitrogens with zero attached hydrogens (tertiary/aromatic N) is 4. The molecule has 0 radical (unpaired) electrons. The Hall–Kier alpha value is -3.10. The molecular weight excluding hydrogens is 416 g/mol. The number of hydrogen-bond donors (Lipinski definition) is 1. The van der Waals surface area contributed by atoms with Crippen molar-refractivity contribution in [3.63, 3.8) is 0 Å². The van der Waals surface area contributed by atoms with Crippen molar-refractivity contribution in [2.45, 2.75) is 45.6 Å². The van der Waals surface area contributed by atoms with Crippen LogP contribution in [0.3, 0.4) is 0 Å². The first-order valence-electron chi connectivity index (χ1n) is 10.9. The summed E-state index contributed by atoms with van der Waals surface area (Å²) in [5, 5.41) is 2.69. The van der Waals surface area contributed by atoms with Gasteiger partial charge >= 0.3 is 6.03 Å². The van der Waals surface area contributed by atoms with Gasteiger partial charge in [-0.15, -0.1) is 0 Å². The molecule has 1 saturated heterocycles. The van der Waals surface area contributed by atoms with Crippen LogP contribution in [0.4, 0.5) is 19.4 Å². The van der Waals surface area contributed by atoms with Crippen LogP contribution in [0.15, 0.2) is 30.6 Å². The van der Waals surface area contributed by atoms with E-state index in [-0.39, 0.29) is 35.3 Å². The van der Waals surface area contributed by atoms with Crippen LogP contribution in [0.2, 0.25) is 0 Å². The second-order valence-electron chi connectivity index (χ2n) is 8.23. The molecule has 0 spiro atoms. The molecule has 9 heteroatoms. The molecule has 3 rings (SSSR count). The van der Waals surface area contributed by atoms with E-state index in [1.165, 1.54) is 24.5 Å². The van der Waals surface area contributed by atoms with Gasteiger partial charge in [0.25, 0.3) is 0 Å². The van der Waals surface area contributed by atoms with Crippen molar-refractivity contribution in [3.05, 3.63) is 42.2 Å². The van der Waals surface area contributed by atoms with E-state index >= 15 is 0 Å². The van der Waals surface area contributed by atoms with Crippen LogP contribution in [0.1, 0.15) is 39.5 Å². The number of benzene rings is 1. The Balaban J connectivity index is 1.54. The molecular formula is C23H29F2N5O2. The van der Waals surface area contributed by atoms with Crippen LogP contribution >= 0.6 is 0 Å². The second kappa shape index (κ2) is 10.5. The Bertz CT molecular complexity index is 926. The number of hydrogen-bond acceptors (Lipinski definition) is 4. The highest BCUT2D eigenvalue weighted by atomic mass is 19.1. The van der Waals surface area contributed by atoms with Gasteiger partial charge in [-0.05, 0) is 31.4 Å². The number of anilines is 1. The monoisotopic (exact) mass is 445 g/mol. The molecule has 1 unspecified atom stereocenters. The first-order chi connectivity index (χ1) is 15.3. The predicted molar refractivity (Wildman–Crippen MR) is 118 cm³/mol. The third-order valence-electron chi connectivity index (χ3n) is 5.83. The molecule has 1 atom stereocenters. The Kier molecular flexibility index (Phi) is 7.71. The van der Waals surface area contributed by atoms with Gasteiger partial charge in [0.15, 0.2) is 5.82 Å². The minimum absolute atomic E-state index is 0.0167. The lowest BCUT2D eigenvalue weighted by Gasteiger charge is -2.37. The SMILES string of the molecule is CCCC(C)C(=O)N1CCC(N(C)C(=O)Nc2cnc(-c3cc(F)cc(F)c3)cn2)CC1. The fourth-order valence-corrected chi connectivity index (χ4v) is 3.95. The van der Waals surface area contributed by atoms with E-state index in [0.717, 1.165) is 18.9 Å². The molecule has 1 aliphatic rings. The average molecular weight is 446 g/mol. The molecule has 1 fully saturated rings. The highest BCUT2D eigenvalue weighted by Crippen LogP contribution is 2.21. The van der Waals surface area contributed by atoms with Crippen LogP contribution in [0, 0.1) is 17.6 Å². The number of rotatable bonds is 6.